The molecule has 2 aromatic rings. The van der Waals surface area contributed by atoms with Crippen molar-refractivity contribution in [3.63, 3.8) is 0 Å². The van der Waals surface area contributed by atoms with E-state index >= 15 is 0 Å². The highest BCUT2D eigenvalue weighted by atomic mass is 32.2. The molecule has 3 heterocycles. The van der Waals surface area contributed by atoms with Gasteiger partial charge in [0.05, 0.1) is 17.9 Å². The lowest BCUT2D eigenvalue weighted by molar-refractivity contribution is -0.116. The number of nitrogens with zero attached hydrogens (tertiary/aromatic N) is 2. The third-order valence-corrected chi connectivity index (χ3v) is 5.28. The van der Waals surface area contributed by atoms with Crippen LogP contribution < -0.4 is 4.90 Å². The minimum atomic E-state index is -0.416. The number of hydrogen-bond acceptors (Lipinski definition) is 6. The monoisotopic (exact) mass is 323 g/mol. The van der Waals surface area contributed by atoms with Gasteiger partial charge in [-0.3, -0.25) is 4.79 Å². The summed E-state index contributed by atoms with van der Waals surface area (Å²) in [5.74, 6) is -0.412. The molecule has 0 radical (unpaired) electrons. The van der Waals surface area contributed by atoms with E-state index < -0.39 is 5.97 Å². The molecule has 1 unspecified atom stereocenters. The molecular formula is C13H13N3O3S2. The molecule has 0 spiro atoms. The first kappa shape index (κ1) is 14.2. The number of nitrogens with one attached hydrogen (secondary N) is 1. The second-order valence-electron chi connectivity index (χ2n) is 4.41. The topological polar surface area (TPSA) is 75.3 Å². The average Bonchev–Trinajstić information content (AvgIpc) is 3.21. The predicted octanol–water partition coefficient (Wildman–Crippen LogP) is 2.16. The molecular weight excluding hydrogens is 310 g/mol. The van der Waals surface area contributed by atoms with E-state index in [1.165, 1.54) is 30.2 Å². The minimum absolute atomic E-state index is 0.00371. The Balaban J connectivity index is 1.78. The zero-order valence-corrected chi connectivity index (χ0v) is 12.9. The van der Waals surface area contributed by atoms with Crippen LogP contribution in [0.25, 0.3) is 0 Å². The zero-order chi connectivity index (χ0) is 14.8. The summed E-state index contributed by atoms with van der Waals surface area (Å²) in [6.07, 6.45) is 4.12. The highest BCUT2D eigenvalue weighted by Gasteiger charge is 2.36. The van der Waals surface area contributed by atoms with Crippen molar-refractivity contribution in [3.8, 4) is 0 Å². The third kappa shape index (κ3) is 2.68. The van der Waals surface area contributed by atoms with Gasteiger partial charge in [0.25, 0.3) is 0 Å². The highest BCUT2D eigenvalue weighted by molar-refractivity contribution is 8.00. The molecule has 1 N–H and O–H groups in total. The van der Waals surface area contributed by atoms with Crippen molar-refractivity contribution < 1.29 is 14.3 Å². The van der Waals surface area contributed by atoms with Crippen LogP contribution in [0.4, 0.5) is 5.00 Å². The Kier molecular flexibility index (Phi) is 3.98. The zero-order valence-electron chi connectivity index (χ0n) is 11.2. The van der Waals surface area contributed by atoms with Crippen molar-refractivity contribution in [2.45, 2.75) is 16.8 Å². The number of methoxy groups -OCH3 is 1. The van der Waals surface area contributed by atoms with Crippen molar-refractivity contribution in [2.24, 2.45) is 0 Å². The fourth-order valence-electron chi connectivity index (χ4n) is 2.19. The summed E-state index contributed by atoms with van der Waals surface area (Å²) in [6, 6.07) is 1.69. The summed E-state index contributed by atoms with van der Waals surface area (Å²) < 4.78 is 4.75. The molecule has 3 rings (SSSR count). The molecule has 1 fully saturated rings. The first-order chi connectivity index (χ1) is 10.2. The van der Waals surface area contributed by atoms with Crippen molar-refractivity contribution >= 4 is 40.0 Å². The number of imidazole rings is 1. The number of esters is 1. The quantitative estimate of drug-likeness (QED) is 0.873. The SMILES string of the molecule is COC(=O)c1ccsc1N1CCC(Sc2ncc[nH]2)C1=O. The number of aromatic amines is 1. The number of anilines is 1. The Labute approximate surface area is 129 Å². The molecule has 0 aliphatic carbocycles. The molecule has 1 atom stereocenters. The number of ether oxygens (including phenoxy) is 1. The molecule has 1 saturated heterocycles. The van der Waals surface area contributed by atoms with E-state index in [1.807, 2.05) is 0 Å². The number of rotatable bonds is 4. The van der Waals surface area contributed by atoms with Gasteiger partial charge in [-0.25, -0.2) is 9.78 Å². The molecule has 0 aromatic carbocycles. The van der Waals surface area contributed by atoms with E-state index in [0.717, 1.165) is 11.6 Å². The van der Waals surface area contributed by atoms with Crippen LogP contribution in [0.3, 0.4) is 0 Å². The van der Waals surface area contributed by atoms with Crippen molar-refractivity contribution in [1.29, 1.82) is 0 Å². The number of thiophene rings is 1. The normalized spacial score (nSPS) is 18.2. The Hall–Kier alpha value is -1.80. The Morgan fingerprint density at radius 3 is 3.19 bits per heavy atom. The number of amides is 1. The maximum Gasteiger partial charge on any atom is 0.340 e. The summed E-state index contributed by atoms with van der Waals surface area (Å²) >= 11 is 2.79. The standard InChI is InChI=1S/C13H13N3O3S2/c1-19-12(18)8-3-7-20-11(8)16-6-2-9(10(16)17)21-13-14-4-5-15-13/h3-5,7,9H,2,6H2,1H3,(H,14,15). The molecule has 1 aliphatic rings. The largest absolute Gasteiger partial charge is 0.465 e. The number of hydrogen-bond donors (Lipinski definition) is 1. The van der Waals surface area contributed by atoms with Gasteiger partial charge in [0.2, 0.25) is 5.91 Å². The van der Waals surface area contributed by atoms with Gasteiger partial charge in [0, 0.05) is 18.9 Å². The first-order valence-electron chi connectivity index (χ1n) is 6.34. The van der Waals surface area contributed by atoms with E-state index in [9.17, 15) is 9.59 Å². The second kappa shape index (κ2) is 5.90. The molecule has 2 aromatic heterocycles. The van der Waals surface area contributed by atoms with Crippen LogP contribution in [-0.4, -0.2) is 40.7 Å². The van der Waals surface area contributed by atoms with Crippen LogP contribution in [0.1, 0.15) is 16.8 Å². The summed E-state index contributed by atoms with van der Waals surface area (Å²) in [4.78, 5) is 33.0. The van der Waals surface area contributed by atoms with Gasteiger partial charge in [-0.05, 0) is 17.9 Å². The molecule has 0 bridgehead atoms. The van der Waals surface area contributed by atoms with Crippen LogP contribution in [0.2, 0.25) is 0 Å². The van der Waals surface area contributed by atoms with Gasteiger partial charge >= 0.3 is 5.97 Å². The number of carbonyl (C=O) groups is 2. The van der Waals surface area contributed by atoms with Crippen molar-refractivity contribution in [1.82, 2.24) is 9.97 Å². The van der Waals surface area contributed by atoms with Gasteiger partial charge in [-0.2, -0.15) is 0 Å². The lowest BCUT2D eigenvalue weighted by Crippen LogP contribution is -2.28. The number of aromatic nitrogens is 2. The van der Waals surface area contributed by atoms with Crippen LogP contribution in [0, 0.1) is 0 Å². The van der Waals surface area contributed by atoms with E-state index in [2.05, 4.69) is 9.97 Å². The molecule has 1 amide bonds. The van der Waals surface area contributed by atoms with Gasteiger partial charge in [-0.15, -0.1) is 11.3 Å². The fraction of sp³-hybridized carbons (Fsp3) is 0.308. The number of H-pyrrole nitrogens is 1. The van der Waals surface area contributed by atoms with E-state index in [1.54, 1.807) is 28.7 Å². The summed E-state index contributed by atoms with van der Waals surface area (Å²) in [5, 5.41) is 3.01. The van der Waals surface area contributed by atoms with Crippen LogP contribution in [0.15, 0.2) is 29.0 Å². The minimum Gasteiger partial charge on any atom is -0.465 e. The maximum absolute atomic E-state index is 12.5. The van der Waals surface area contributed by atoms with Crippen LogP contribution in [-0.2, 0) is 9.53 Å². The summed E-state index contributed by atoms with van der Waals surface area (Å²) in [6.45, 7) is 0.599. The lowest BCUT2D eigenvalue weighted by Gasteiger charge is -2.15. The van der Waals surface area contributed by atoms with Crippen molar-refractivity contribution in [3.05, 3.63) is 29.4 Å². The van der Waals surface area contributed by atoms with Crippen molar-refractivity contribution in [2.75, 3.05) is 18.6 Å². The third-order valence-electron chi connectivity index (χ3n) is 3.18. The van der Waals surface area contributed by atoms with E-state index in [-0.39, 0.29) is 11.2 Å². The van der Waals surface area contributed by atoms with E-state index in [4.69, 9.17) is 4.74 Å². The van der Waals surface area contributed by atoms with Gasteiger partial charge < -0.3 is 14.6 Å². The Bertz CT molecular complexity index is 653. The van der Waals surface area contributed by atoms with Gasteiger partial charge in [-0.1, -0.05) is 11.8 Å². The maximum atomic E-state index is 12.5. The molecule has 110 valence electrons. The Morgan fingerprint density at radius 2 is 2.48 bits per heavy atom. The average molecular weight is 323 g/mol. The number of carbonyl (C=O) groups excluding carboxylic acids is 2. The summed E-state index contributed by atoms with van der Waals surface area (Å²) in [7, 11) is 1.34. The first-order valence-corrected chi connectivity index (χ1v) is 8.10. The smallest absolute Gasteiger partial charge is 0.340 e. The Morgan fingerprint density at radius 1 is 1.62 bits per heavy atom. The lowest BCUT2D eigenvalue weighted by atomic mass is 10.3. The van der Waals surface area contributed by atoms with Crippen LogP contribution in [0.5, 0.6) is 0 Å². The highest BCUT2D eigenvalue weighted by Crippen LogP contribution is 2.36. The fourth-order valence-corrected chi connectivity index (χ4v) is 4.09. The molecule has 8 heteroatoms. The predicted molar refractivity (Wildman–Crippen MR) is 80.9 cm³/mol. The molecule has 21 heavy (non-hydrogen) atoms. The van der Waals surface area contributed by atoms with E-state index in [0.29, 0.717) is 17.1 Å². The van der Waals surface area contributed by atoms with Crippen LogP contribution >= 0.6 is 23.1 Å². The van der Waals surface area contributed by atoms with Gasteiger partial charge in [0.1, 0.15) is 5.00 Å². The molecule has 0 saturated carbocycles. The second-order valence-corrected chi connectivity index (χ2v) is 6.50. The molecule has 6 nitrogen and oxygen atoms in total. The summed E-state index contributed by atoms with van der Waals surface area (Å²) in [5.41, 5.74) is 0.444. The number of thioether (sulfide) groups is 1. The van der Waals surface area contributed by atoms with Gasteiger partial charge in [0.15, 0.2) is 5.16 Å². The molecule has 1 aliphatic heterocycles.